The summed E-state index contributed by atoms with van der Waals surface area (Å²) >= 11 is 0. The van der Waals surface area contributed by atoms with Crippen molar-refractivity contribution in [2.75, 3.05) is 0 Å². The van der Waals surface area contributed by atoms with E-state index in [1.165, 1.54) is 4.90 Å². The van der Waals surface area contributed by atoms with Gasteiger partial charge in [-0.25, -0.2) is 0 Å². The van der Waals surface area contributed by atoms with Crippen molar-refractivity contribution in [3.8, 4) is 12.1 Å². The molecule has 1 aliphatic rings. The van der Waals surface area contributed by atoms with Gasteiger partial charge in [-0.15, -0.1) is 0 Å². The van der Waals surface area contributed by atoms with E-state index in [4.69, 9.17) is 0 Å². The second kappa shape index (κ2) is 7.70. The lowest BCUT2D eigenvalue weighted by molar-refractivity contribution is 0.0664. The number of hydrogen-bond donors (Lipinski definition) is 0. The fourth-order valence-corrected chi connectivity index (χ4v) is 4.19. The molecule has 0 fully saturated rings. The van der Waals surface area contributed by atoms with E-state index in [0.717, 1.165) is 16.7 Å². The third-order valence-electron chi connectivity index (χ3n) is 5.74. The van der Waals surface area contributed by atoms with Crippen molar-refractivity contribution < 1.29 is 4.79 Å². The van der Waals surface area contributed by atoms with E-state index in [2.05, 4.69) is 12.1 Å². The Hall–Kier alpha value is -4.15. The number of nitriles is 2. The molecule has 4 rings (SSSR count). The Kier molecular flexibility index (Phi) is 4.92. The van der Waals surface area contributed by atoms with Crippen LogP contribution in [-0.2, 0) is 5.54 Å². The van der Waals surface area contributed by atoms with Gasteiger partial charge in [-0.05, 0) is 35.4 Å². The van der Waals surface area contributed by atoms with Crippen LogP contribution in [0.2, 0.25) is 0 Å². The second-order valence-electron chi connectivity index (χ2n) is 7.24. The highest BCUT2D eigenvalue weighted by Crippen LogP contribution is 2.47. The van der Waals surface area contributed by atoms with Gasteiger partial charge in [-0.2, -0.15) is 10.5 Å². The molecule has 0 aliphatic carbocycles. The van der Waals surface area contributed by atoms with Gasteiger partial charge in [0.2, 0.25) is 0 Å². The van der Waals surface area contributed by atoms with Gasteiger partial charge in [0.05, 0.1) is 17.7 Å². The molecule has 0 radical (unpaired) electrons. The molecule has 1 amide bonds. The van der Waals surface area contributed by atoms with Gasteiger partial charge < -0.3 is 0 Å². The van der Waals surface area contributed by atoms with Crippen LogP contribution >= 0.6 is 0 Å². The van der Waals surface area contributed by atoms with Gasteiger partial charge in [0.25, 0.3) is 5.91 Å². The molecule has 0 bridgehead atoms. The smallest absolute Gasteiger partial charge is 0.259 e. The molecule has 0 aromatic heterocycles. The van der Waals surface area contributed by atoms with E-state index >= 15 is 0 Å². The summed E-state index contributed by atoms with van der Waals surface area (Å²) < 4.78 is 0. The molecular formula is C26H19N3O. The zero-order valence-corrected chi connectivity index (χ0v) is 16.5. The SMILES string of the molecule is C[C@@H](c1ccccc1C#N)[C@]1(C#N)c2ccccc2C=CN1C(=O)c1ccccc1. The minimum Gasteiger partial charge on any atom is -0.291 e. The quantitative estimate of drug-likeness (QED) is 0.618. The average Bonchev–Trinajstić information content (AvgIpc) is 2.82. The average molecular weight is 389 g/mol. The van der Waals surface area contributed by atoms with Crippen molar-refractivity contribution in [2.45, 2.75) is 18.4 Å². The first kappa shape index (κ1) is 19.2. The van der Waals surface area contributed by atoms with E-state index in [1.54, 1.807) is 42.6 Å². The van der Waals surface area contributed by atoms with Gasteiger partial charge in [0, 0.05) is 23.2 Å². The predicted molar refractivity (Wildman–Crippen MR) is 115 cm³/mol. The highest BCUT2D eigenvalue weighted by atomic mass is 16.2. The molecule has 3 aromatic carbocycles. The normalized spacial score (nSPS) is 18.0. The Morgan fingerprint density at radius 1 is 0.933 bits per heavy atom. The molecule has 0 saturated carbocycles. The minimum atomic E-state index is -1.30. The lowest BCUT2D eigenvalue weighted by atomic mass is 9.71. The number of nitrogens with zero attached hydrogens (tertiary/aromatic N) is 3. The van der Waals surface area contributed by atoms with Gasteiger partial charge in [-0.3, -0.25) is 9.69 Å². The summed E-state index contributed by atoms with van der Waals surface area (Å²) in [6.45, 7) is 1.90. The first-order valence-electron chi connectivity index (χ1n) is 9.70. The molecular weight excluding hydrogens is 370 g/mol. The number of carbonyl (C=O) groups excluding carboxylic acids is 1. The van der Waals surface area contributed by atoms with Crippen LogP contribution in [0.3, 0.4) is 0 Å². The number of hydrogen-bond acceptors (Lipinski definition) is 3. The predicted octanol–water partition coefficient (Wildman–Crippen LogP) is 5.21. The topological polar surface area (TPSA) is 67.9 Å². The summed E-state index contributed by atoms with van der Waals surface area (Å²) in [5.74, 6) is -0.707. The van der Waals surface area contributed by atoms with Crippen LogP contribution in [0.1, 0.15) is 45.5 Å². The summed E-state index contributed by atoms with van der Waals surface area (Å²) in [6.07, 6.45) is 3.54. The molecule has 1 heterocycles. The molecule has 0 N–H and O–H groups in total. The van der Waals surface area contributed by atoms with Crippen LogP contribution in [0.4, 0.5) is 0 Å². The first-order chi connectivity index (χ1) is 14.6. The second-order valence-corrected chi connectivity index (χ2v) is 7.24. The van der Waals surface area contributed by atoms with E-state index in [1.807, 2.05) is 55.5 Å². The van der Waals surface area contributed by atoms with E-state index < -0.39 is 11.5 Å². The van der Waals surface area contributed by atoms with Crippen molar-refractivity contribution in [3.05, 3.63) is 113 Å². The monoisotopic (exact) mass is 389 g/mol. The lowest BCUT2D eigenvalue weighted by Gasteiger charge is -2.44. The molecule has 0 unspecified atom stereocenters. The maximum Gasteiger partial charge on any atom is 0.259 e. The van der Waals surface area contributed by atoms with Crippen LogP contribution < -0.4 is 0 Å². The fraction of sp³-hybridized carbons (Fsp3) is 0.115. The van der Waals surface area contributed by atoms with Crippen LogP contribution in [0.25, 0.3) is 6.08 Å². The molecule has 2 atom stereocenters. The number of rotatable bonds is 3. The van der Waals surface area contributed by atoms with Crippen LogP contribution in [0.15, 0.2) is 85.1 Å². The van der Waals surface area contributed by atoms with Crippen LogP contribution in [0, 0.1) is 22.7 Å². The van der Waals surface area contributed by atoms with Crippen LogP contribution in [0.5, 0.6) is 0 Å². The van der Waals surface area contributed by atoms with Gasteiger partial charge in [0.15, 0.2) is 5.54 Å². The Labute approximate surface area is 175 Å². The molecule has 3 aromatic rings. The van der Waals surface area contributed by atoms with Crippen molar-refractivity contribution in [1.82, 2.24) is 4.90 Å². The molecule has 144 valence electrons. The summed E-state index contributed by atoms with van der Waals surface area (Å²) in [7, 11) is 0. The highest BCUT2D eigenvalue weighted by Gasteiger charge is 2.49. The molecule has 4 heteroatoms. The van der Waals surface area contributed by atoms with E-state index in [-0.39, 0.29) is 5.91 Å². The van der Waals surface area contributed by atoms with Gasteiger partial charge in [0.1, 0.15) is 0 Å². The van der Waals surface area contributed by atoms with E-state index in [9.17, 15) is 15.3 Å². The standard InChI is InChI=1S/C26H19N3O/c1-19(23-13-7-5-12-22(23)17-27)26(18-28)24-14-8-6-9-20(24)15-16-29(26)25(30)21-10-3-2-4-11-21/h2-16,19H,1H3/t19-,26+/m0/s1. The van der Waals surface area contributed by atoms with Gasteiger partial charge >= 0.3 is 0 Å². The number of amides is 1. The van der Waals surface area contributed by atoms with Crippen molar-refractivity contribution in [1.29, 1.82) is 10.5 Å². The zero-order valence-electron chi connectivity index (χ0n) is 16.5. The Balaban J connectivity index is 1.96. The summed E-state index contributed by atoms with van der Waals surface area (Å²) in [5.41, 5.74) is 2.07. The molecule has 0 spiro atoms. The maximum atomic E-state index is 13.5. The Bertz CT molecular complexity index is 1220. The minimum absolute atomic E-state index is 0.260. The fourth-order valence-electron chi connectivity index (χ4n) is 4.19. The van der Waals surface area contributed by atoms with Crippen LogP contribution in [-0.4, -0.2) is 10.8 Å². The Morgan fingerprint density at radius 3 is 2.33 bits per heavy atom. The number of fused-ring (bicyclic) bond motifs is 1. The highest BCUT2D eigenvalue weighted by molar-refractivity contribution is 5.97. The van der Waals surface area contributed by atoms with Crippen molar-refractivity contribution in [2.24, 2.45) is 0 Å². The third kappa shape index (κ3) is 2.87. The summed E-state index contributed by atoms with van der Waals surface area (Å²) in [4.78, 5) is 15.1. The third-order valence-corrected chi connectivity index (χ3v) is 5.74. The molecule has 1 aliphatic heterocycles. The number of benzene rings is 3. The number of carbonyl (C=O) groups is 1. The van der Waals surface area contributed by atoms with Crippen molar-refractivity contribution in [3.63, 3.8) is 0 Å². The largest absolute Gasteiger partial charge is 0.291 e. The molecule has 30 heavy (non-hydrogen) atoms. The molecule has 4 nitrogen and oxygen atoms in total. The first-order valence-corrected chi connectivity index (χ1v) is 9.70. The zero-order chi connectivity index (χ0) is 21.1. The van der Waals surface area contributed by atoms with E-state index in [0.29, 0.717) is 11.1 Å². The molecule has 0 saturated heterocycles. The van der Waals surface area contributed by atoms with Crippen molar-refractivity contribution >= 4 is 12.0 Å². The summed E-state index contributed by atoms with van der Waals surface area (Å²) in [6, 6.07) is 28.5. The maximum absolute atomic E-state index is 13.5. The Morgan fingerprint density at radius 2 is 1.60 bits per heavy atom. The van der Waals surface area contributed by atoms with Gasteiger partial charge in [-0.1, -0.05) is 67.6 Å². The lowest BCUT2D eigenvalue weighted by Crippen LogP contribution is -2.50. The summed E-state index contributed by atoms with van der Waals surface area (Å²) in [5, 5.41) is 20.2.